The number of halogens is 1. The molecule has 4 rings (SSSR count). The first kappa shape index (κ1) is 22.0. The summed E-state index contributed by atoms with van der Waals surface area (Å²) in [5, 5.41) is 6.16. The first-order valence-electron chi connectivity index (χ1n) is 11.0. The second kappa shape index (κ2) is 9.52. The summed E-state index contributed by atoms with van der Waals surface area (Å²) in [5.74, 6) is -1.09. The van der Waals surface area contributed by atoms with Crippen LogP contribution in [0.1, 0.15) is 18.4 Å². The molecule has 0 radical (unpaired) electrons. The third kappa shape index (κ3) is 4.99. The highest BCUT2D eigenvalue weighted by Gasteiger charge is 2.27. The number of carbonyl (C=O) groups is 1. The van der Waals surface area contributed by atoms with Crippen LogP contribution in [0.15, 0.2) is 36.5 Å². The lowest BCUT2D eigenvalue weighted by Crippen LogP contribution is -2.44. The van der Waals surface area contributed by atoms with Gasteiger partial charge >= 0.3 is 0 Å². The predicted octanol–water partition coefficient (Wildman–Crippen LogP) is 2.65. The number of benzene rings is 1. The maximum Gasteiger partial charge on any atom is 0.229 e. The van der Waals surface area contributed by atoms with Gasteiger partial charge in [0.2, 0.25) is 11.9 Å². The first-order chi connectivity index (χ1) is 15.4. The van der Waals surface area contributed by atoms with E-state index in [1.807, 2.05) is 24.3 Å². The van der Waals surface area contributed by atoms with Crippen LogP contribution in [0.5, 0.6) is 0 Å². The van der Waals surface area contributed by atoms with Crippen molar-refractivity contribution in [1.29, 1.82) is 0 Å². The minimum absolute atomic E-state index is 0.0380. The van der Waals surface area contributed by atoms with Crippen molar-refractivity contribution in [1.82, 2.24) is 14.9 Å². The highest BCUT2D eigenvalue weighted by atomic mass is 19.1. The average Bonchev–Trinajstić information content (AvgIpc) is 2.77. The topological polar surface area (TPSA) is 99.4 Å². The minimum Gasteiger partial charge on any atom is -0.369 e. The number of nitrogens with one attached hydrogen (secondary N) is 2. The molecule has 32 heavy (non-hydrogen) atoms. The molecule has 4 N–H and O–H groups in total. The van der Waals surface area contributed by atoms with Crippen LogP contribution < -0.4 is 21.3 Å². The molecular formula is C23H30FN7O. The van der Waals surface area contributed by atoms with E-state index in [4.69, 9.17) is 5.73 Å². The highest BCUT2D eigenvalue weighted by Crippen LogP contribution is 2.27. The van der Waals surface area contributed by atoms with Crippen LogP contribution in [-0.4, -0.2) is 60.0 Å². The molecule has 8 nitrogen and oxygen atoms in total. The third-order valence-electron chi connectivity index (χ3n) is 6.13. The normalized spacial score (nSPS) is 21.4. The monoisotopic (exact) mass is 439 g/mol. The van der Waals surface area contributed by atoms with E-state index in [1.54, 1.807) is 0 Å². The molecule has 2 heterocycles. The molecule has 9 heteroatoms. The van der Waals surface area contributed by atoms with Crippen molar-refractivity contribution >= 4 is 29.0 Å². The number of hydrogen-bond acceptors (Lipinski definition) is 7. The van der Waals surface area contributed by atoms with Gasteiger partial charge in [0.15, 0.2) is 11.6 Å². The molecule has 1 saturated heterocycles. The second-order valence-corrected chi connectivity index (χ2v) is 8.49. The van der Waals surface area contributed by atoms with Crippen LogP contribution in [0, 0.1) is 18.7 Å². The number of amides is 1. The Labute approximate surface area is 187 Å². The molecule has 0 spiro atoms. The van der Waals surface area contributed by atoms with Gasteiger partial charge in [0, 0.05) is 37.6 Å². The Balaban J connectivity index is 1.48. The van der Waals surface area contributed by atoms with E-state index in [2.05, 4.69) is 50.4 Å². The van der Waals surface area contributed by atoms with Crippen molar-refractivity contribution in [2.75, 3.05) is 48.8 Å². The minimum atomic E-state index is -0.584. The molecule has 0 bridgehead atoms. The van der Waals surface area contributed by atoms with E-state index in [0.29, 0.717) is 6.42 Å². The van der Waals surface area contributed by atoms with E-state index in [-0.39, 0.29) is 11.8 Å². The number of allylic oxidation sites excluding steroid dienone is 1. The van der Waals surface area contributed by atoms with Gasteiger partial charge in [-0.1, -0.05) is 12.2 Å². The predicted molar refractivity (Wildman–Crippen MR) is 125 cm³/mol. The lowest BCUT2D eigenvalue weighted by atomic mass is 9.89. The van der Waals surface area contributed by atoms with Gasteiger partial charge in [-0.25, -0.2) is 9.37 Å². The van der Waals surface area contributed by atoms with Crippen LogP contribution in [0.4, 0.5) is 27.5 Å². The summed E-state index contributed by atoms with van der Waals surface area (Å²) in [6.07, 6.45) is 6.32. The highest BCUT2D eigenvalue weighted by molar-refractivity contribution is 5.78. The van der Waals surface area contributed by atoms with Crippen molar-refractivity contribution < 1.29 is 9.18 Å². The lowest BCUT2D eigenvalue weighted by Gasteiger charge is -2.35. The Bertz CT molecular complexity index is 1000. The summed E-state index contributed by atoms with van der Waals surface area (Å²) >= 11 is 0. The van der Waals surface area contributed by atoms with Crippen LogP contribution in [0.2, 0.25) is 0 Å². The van der Waals surface area contributed by atoms with E-state index in [9.17, 15) is 9.18 Å². The quantitative estimate of drug-likeness (QED) is 0.595. The maximum atomic E-state index is 14.4. The van der Waals surface area contributed by atoms with Crippen molar-refractivity contribution in [3.63, 3.8) is 0 Å². The molecular weight excluding hydrogens is 409 g/mol. The number of carbonyl (C=O) groups excluding carboxylic acids is 1. The van der Waals surface area contributed by atoms with Gasteiger partial charge < -0.3 is 26.2 Å². The van der Waals surface area contributed by atoms with Gasteiger partial charge in [-0.05, 0) is 50.6 Å². The van der Waals surface area contributed by atoms with Crippen molar-refractivity contribution in [2.45, 2.75) is 25.8 Å². The van der Waals surface area contributed by atoms with Crippen molar-refractivity contribution in [3.8, 4) is 0 Å². The van der Waals surface area contributed by atoms with Gasteiger partial charge in [-0.2, -0.15) is 4.98 Å². The number of aromatic nitrogens is 2. The van der Waals surface area contributed by atoms with Crippen LogP contribution in [-0.2, 0) is 4.79 Å². The van der Waals surface area contributed by atoms with Crippen molar-refractivity contribution in [2.24, 2.45) is 11.7 Å². The lowest BCUT2D eigenvalue weighted by molar-refractivity contribution is -0.122. The summed E-state index contributed by atoms with van der Waals surface area (Å²) in [4.78, 5) is 24.8. The van der Waals surface area contributed by atoms with Crippen molar-refractivity contribution in [3.05, 3.63) is 47.9 Å². The van der Waals surface area contributed by atoms with E-state index < -0.39 is 23.7 Å². The molecule has 2 aliphatic rings. The maximum absolute atomic E-state index is 14.4. The Morgan fingerprint density at radius 2 is 2.03 bits per heavy atom. The Hall–Kier alpha value is -3.20. The summed E-state index contributed by atoms with van der Waals surface area (Å²) in [7, 11) is 2.14. The smallest absolute Gasteiger partial charge is 0.229 e. The Kier molecular flexibility index (Phi) is 6.55. The molecule has 1 aliphatic carbocycles. The van der Waals surface area contributed by atoms with E-state index in [0.717, 1.165) is 50.0 Å². The molecule has 1 aliphatic heterocycles. The second-order valence-electron chi connectivity index (χ2n) is 8.49. The van der Waals surface area contributed by atoms with Gasteiger partial charge in [0.25, 0.3) is 0 Å². The number of aryl methyl sites for hydroxylation is 1. The third-order valence-corrected chi connectivity index (χ3v) is 6.13. The summed E-state index contributed by atoms with van der Waals surface area (Å²) < 4.78 is 14.4. The van der Waals surface area contributed by atoms with E-state index in [1.165, 1.54) is 5.69 Å². The number of nitrogens with zero attached hydrogens (tertiary/aromatic N) is 4. The molecule has 2 atom stereocenters. The Morgan fingerprint density at radius 3 is 2.75 bits per heavy atom. The Morgan fingerprint density at radius 1 is 1.25 bits per heavy atom. The number of primary amides is 1. The number of likely N-dealkylation sites (N-methyl/N-ethyl adjacent to an activating group) is 1. The summed E-state index contributed by atoms with van der Waals surface area (Å²) in [6, 6.07) is 5.72. The van der Waals surface area contributed by atoms with E-state index >= 15 is 0 Å². The molecule has 0 saturated carbocycles. The number of hydrogen-bond donors (Lipinski definition) is 3. The SMILES string of the molecule is Cc1cc(Nc2ncc(F)c(N[C@@H]3C=CCC[C@@H]3C(N)=O)n2)ccc1N1CCN(C)CC1. The molecule has 1 amide bonds. The van der Waals surface area contributed by atoms with Gasteiger partial charge in [0.1, 0.15) is 0 Å². The number of rotatable bonds is 6. The first-order valence-corrected chi connectivity index (χ1v) is 11.0. The number of anilines is 4. The van der Waals surface area contributed by atoms with Crippen LogP contribution in [0.25, 0.3) is 0 Å². The van der Waals surface area contributed by atoms with Crippen LogP contribution in [0.3, 0.4) is 0 Å². The van der Waals surface area contributed by atoms with Crippen LogP contribution >= 0.6 is 0 Å². The zero-order chi connectivity index (χ0) is 22.7. The molecule has 2 aromatic rings. The summed E-state index contributed by atoms with van der Waals surface area (Å²) in [5.41, 5.74) is 8.70. The fraction of sp³-hybridized carbons (Fsp3) is 0.435. The van der Waals surface area contributed by atoms with Gasteiger partial charge in [0.05, 0.1) is 18.2 Å². The zero-order valence-corrected chi connectivity index (χ0v) is 18.5. The van der Waals surface area contributed by atoms with Gasteiger partial charge in [-0.3, -0.25) is 4.79 Å². The van der Waals surface area contributed by atoms with Gasteiger partial charge in [-0.15, -0.1) is 0 Å². The summed E-state index contributed by atoms with van der Waals surface area (Å²) in [6.45, 7) is 6.18. The zero-order valence-electron chi connectivity index (χ0n) is 18.5. The number of piperazine rings is 1. The molecule has 1 aromatic heterocycles. The molecule has 1 aromatic carbocycles. The number of nitrogens with two attached hydrogens (primary N) is 1. The average molecular weight is 440 g/mol. The molecule has 0 unspecified atom stereocenters. The standard InChI is InChI=1S/C23H30FN7O/c1-15-13-16(7-8-20(15)31-11-9-30(2)10-12-31)27-23-26-14-18(24)22(29-23)28-19-6-4-3-5-17(19)21(25)32/h4,6-8,13-14,17,19H,3,5,9-12H2,1-2H3,(H2,25,32)(H2,26,27,28,29)/t17-,19+/m0/s1. The fourth-order valence-corrected chi connectivity index (χ4v) is 4.25. The fourth-order valence-electron chi connectivity index (χ4n) is 4.25. The largest absolute Gasteiger partial charge is 0.369 e. The molecule has 170 valence electrons. The molecule has 1 fully saturated rings.